The highest BCUT2D eigenvalue weighted by Crippen LogP contribution is 2.40. The molecule has 0 unspecified atom stereocenters. The van der Waals surface area contributed by atoms with Crippen molar-refractivity contribution in [1.29, 1.82) is 0 Å². The van der Waals surface area contributed by atoms with Gasteiger partial charge in [-0.25, -0.2) is 13.8 Å². The van der Waals surface area contributed by atoms with Gasteiger partial charge in [0.1, 0.15) is 0 Å². The molecule has 0 atom stereocenters. The lowest BCUT2D eigenvalue weighted by molar-refractivity contribution is -0.276. The van der Waals surface area contributed by atoms with Crippen LogP contribution < -0.4 is 9.47 Å². The number of ether oxygens (including phenoxy) is 3. The Labute approximate surface area is 122 Å². The number of alkyl halides is 5. The molecule has 0 spiro atoms. The number of aromatic nitrogens is 1. The maximum atomic E-state index is 13.1. The fourth-order valence-electron chi connectivity index (χ4n) is 1.65. The van der Waals surface area contributed by atoms with Gasteiger partial charge in [0, 0.05) is 6.20 Å². The van der Waals surface area contributed by atoms with Crippen LogP contribution in [0.25, 0.3) is 0 Å². The third-order valence-electron chi connectivity index (χ3n) is 2.40. The summed E-state index contributed by atoms with van der Waals surface area (Å²) in [6, 6.07) is 0. The van der Waals surface area contributed by atoms with Crippen molar-refractivity contribution in [2.24, 2.45) is 0 Å². The molecule has 10 heteroatoms. The first-order valence-electron chi connectivity index (χ1n) is 5.94. The molecule has 1 aromatic rings. The molecule has 0 N–H and O–H groups in total. The predicted molar refractivity (Wildman–Crippen MR) is 62.8 cm³/mol. The molecule has 0 aliphatic heterocycles. The second kappa shape index (κ2) is 7.23. The third-order valence-corrected chi connectivity index (χ3v) is 2.40. The van der Waals surface area contributed by atoms with Gasteiger partial charge in [0.15, 0.2) is 5.75 Å². The van der Waals surface area contributed by atoms with Crippen LogP contribution in [-0.2, 0) is 16.0 Å². The van der Waals surface area contributed by atoms with E-state index in [4.69, 9.17) is 0 Å². The monoisotopic (exact) mass is 329 g/mol. The molecule has 0 radical (unpaired) electrons. The molecular weight excluding hydrogens is 317 g/mol. The first kappa shape index (κ1) is 17.9. The Balaban J connectivity index is 3.28. The summed E-state index contributed by atoms with van der Waals surface area (Å²) in [5, 5.41) is 0. The molecule has 0 bridgehead atoms. The lowest BCUT2D eigenvalue weighted by Crippen LogP contribution is -2.19. The van der Waals surface area contributed by atoms with Crippen molar-refractivity contribution in [2.75, 3.05) is 13.7 Å². The minimum atomic E-state index is -5.12. The zero-order valence-corrected chi connectivity index (χ0v) is 11.5. The number of hydrogen-bond donors (Lipinski definition) is 0. The maximum absolute atomic E-state index is 13.1. The van der Waals surface area contributed by atoms with Gasteiger partial charge in [0.2, 0.25) is 0 Å². The zero-order valence-electron chi connectivity index (χ0n) is 11.5. The van der Waals surface area contributed by atoms with Crippen LogP contribution >= 0.6 is 0 Å². The van der Waals surface area contributed by atoms with Crippen LogP contribution in [0.1, 0.15) is 24.5 Å². The van der Waals surface area contributed by atoms with Crippen molar-refractivity contribution in [1.82, 2.24) is 4.98 Å². The number of halogens is 5. The third kappa shape index (κ3) is 4.71. The molecule has 0 fully saturated rings. The standard InChI is InChI=1S/C12H12F5NO4/c1-3-21-7(19)4-6-5-18-11(22-12(15,16)17)9(20-2)8(6)10(13)14/h5,10H,3-4H2,1-2H3. The van der Waals surface area contributed by atoms with Gasteiger partial charge in [-0.15, -0.1) is 13.2 Å². The Kier molecular flexibility index (Phi) is 5.89. The molecule has 5 nitrogen and oxygen atoms in total. The summed E-state index contributed by atoms with van der Waals surface area (Å²) in [6.07, 6.45) is -8.20. The van der Waals surface area contributed by atoms with E-state index in [-0.39, 0.29) is 12.2 Å². The molecule has 1 heterocycles. The Morgan fingerprint density at radius 2 is 2.00 bits per heavy atom. The maximum Gasteiger partial charge on any atom is 0.574 e. The zero-order chi connectivity index (χ0) is 16.9. The lowest BCUT2D eigenvalue weighted by atomic mass is 10.1. The molecule has 0 aliphatic carbocycles. The molecule has 124 valence electrons. The van der Waals surface area contributed by atoms with E-state index < -0.39 is 42.4 Å². The Hall–Kier alpha value is -2.13. The van der Waals surface area contributed by atoms with Gasteiger partial charge in [-0.2, -0.15) is 0 Å². The van der Waals surface area contributed by atoms with E-state index in [2.05, 4.69) is 19.2 Å². The SMILES string of the molecule is CCOC(=O)Cc1cnc(OC(F)(F)F)c(OC)c1C(F)F. The van der Waals surface area contributed by atoms with E-state index in [0.29, 0.717) is 6.20 Å². The Morgan fingerprint density at radius 3 is 2.45 bits per heavy atom. The number of carbonyl (C=O) groups is 1. The van der Waals surface area contributed by atoms with E-state index >= 15 is 0 Å². The minimum Gasteiger partial charge on any atom is -0.491 e. The molecule has 0 aromatic carbocycles. The summed E-state index contributed by atoms with van der Waals surface area (Å²) in [6.45, 7) is 1.55. The van der Waals surface area contributed by atoms with E-state index in [1.54, 1.807) is 0 Å². The van der Waals surface area contributed by atoms with Crippen LogP contribution in [0.5, 0.6) is 11.6 Å². The largest absolute Gasteiger partial charge is 0.574 e. The quantitative estimate of drug-likeness (QED) is 0.593. The molecule has 0 amide bonds. The second-order valence-corrected chi connectivity index (χ2v) is 3.87. The van der Waals surface area contributed by atoms with Crippen molar-refractivity contribution in [3.63, 3.8) is 0 Å². The lowest BCUT2D eigenvalue weighted by Gasteiger charge is -2.17. The average Bonchev–Trinajstić information content (AvgIpc) is 2.38. The van der Waals surface area contributed by atoms with Crippen LogP contribution in [-0.4, -0.2) is 31.0 Å². The molecular formula is C12H12F5NO4. The number of pyridine rings is 1. The summed E-state index contributed by atoms with van der Waals surface area (Å²) in [7, 11) is 0.889. The Bertz CT molecular complexity index is 533. The summed E-state index contributed by atoms with van der Waals surface area (Å²) < 4.78 is 75.6. The van der Waals surface area contributed by atoms with Gasteiger partial charge < -0.3 is 14.2 Å². The van der Waals surface area contributed by atoms with Gasteiger partial charge in [-0.05, 0) is 12.5 Å². The highest BCUT2D eigenvalue weighted by Gasteiger charge is 2.35. The molecule has 0 saturated heterocycles. The Morgan fingerprint density at radius 1 is 1.36 bits per heavy atom. The topological polar surface area (TPSA) is 57.7 Å². The number of hydrogen-bond acceptors (Lipinski definition) is 5. The number of rotatable bonds is 6. The summed E-state index contributed by atoms with van der Waals surface area (Å²) in [5.41, 5.74) is -1.20. The van der Waals surface area contributed by atoms with Gasteiger partial charge in [0.25, 0.3) is 12.3 Å². The molecule has 1 aromatic heterocycles. The van der Waals surface area contributed by atoms with Gasteiger partial charge in [-0.3, -0.25) is 4.79 Å². The van der Waals surface area contributed by atoms with Crippen LogP contribution in [0, 0.1) is 0 Å². The fraction of sp³-hybridized carbons (Fsp3) is 0.500. The van der Waals surface area contributed by atoms with Gasteiger partial charge in [0.05, 0.1) is 25.7 Å². The first-order chi connectivity index (χ1) is 10.2. The van der Waals surface area contributed by atoms with Crippen molar-refractivity contribution in [2.45, 2.75) is 26.1 Å². The molecule has 0 aliphatic rings. The number of methoxy groups -OCH3 is 1. The molecule has 1 rings (SSSR count). The minimum absolute atomic E-state index is 0.0304. The normalized spacial score (nSPS) is 11.5. The van der Waals surface area contributed by atoms with E-state index in [1.165, 1.54) is 6.92 Å². The molecule has 0 saturated carbocycles. The van der Waals surface area contributed by atoms with E-state index in [9.17, 15) is 26.7 Å². The van der Waals surface area contributed by atoms with E-state index in [0.717, 1.165) is 7.11 Å². The number of nitrogens with zero attached hydrogens (tertiary/aromatic N) is 1. The van der Waals surface area contributed by atoms with Crippen molar-refractivity contribution < 1.29 is 41.0 Å². The highest BCUT2D eigenvalue weighted by atomic mass is 19.4. The number of carbonyl (C=O) groups excluding carboxylic acids is 1. The van der Waals surface area contributed by atoms with Crippen molar-refractivity contribution in [3.8, 4) is 11.6 Å². The second-order valence-electron chi connectivity index (χ2n) is 3.87. The summed E-state index contributed by atoms with van der Waals surface area (Å²) >= 11 is 0. The first-order valence-corrected chi connectivity index (χ1v) is 5.94. The van der Waals surface area contributed by atoms with Crippen LogP contribution in [0.4, 0.5) is 22.0 Å². The number of esters is 1. The van der Waals surface area contributed by atoms with Crippen LogP contribution in [0.3, 0.4) is 0 Å². The van der Waals surface area contributed by atoms with E-state index in [1.807, 2.05) is 0 Å². The summed E-state index contributed by atoms with van der Waals surface area (Å²) in [4.78, 5) is 14.6. The highest BCUT2D eigenvalue weighted by molar-refractivity contribution is 5.73. The predicted octanol–water partition coefficient (Wildman–Crippen LogP) is 3.03. The average molecular weight is 329 g/mol. The van der Waals surface area contributed by atoms with Gasteiger partial charge in [-0.1, -0.05) is 0 Å². The van der Waals surface area contributed by atoms with Crippen LogP contribution in [0.15, 0.2) is 6.20 Å². The van der Waals surface area contributed by atoms with Crippen LogP contribution in [0.2, 0.25) is 0 Å². The summed E-state index contributed by atoms with van der Waals surface area (Å²) in [5.74, 6) is -2.86. The molecule has 22 heavy (non-hydrogen) atoms. The van der Waals surface area contributed by atoms with Gasteiger partial charge >= 0.3 is 12.3 Å². The smallest absolute Gasteiger partial charge is 0.491 e. The fourth-order valence-corrected chi connectivity index (χ4v) is 1.65. The van der Waals surface area contributed by atoms with Crippen molar-refractivity contribution >= 4 is 5.97 Å². The van der Waals surface area contributed by atoms with Crippen molar-refractivity contribution in [3.05, 3.63) is 17.3 Å².